The van der Waals surface area contributed by atoms with E-state index in [0.717, 1.165) is 24.9 Å². The molecule has 1 aliphatic heterocycles. The molecule has 0 aliphatic carbocycles. The van der Waals surface area contributed by atoms with Crippen LogP contribution >= 0.6 is 0 Å². The molecule has 0 radical (unpaired) electrons. The van der Waals surface area contributed by atoms with Crippen LogP contribution in [0.5, 0.6) is 0 Å². The lowest BCUT2D eigenvalue weighted by Gasteiger charge is -2.12. The van der Waals surface area contributed by atoms with Crippen molar-refractivity contribution in [3.8, 4) is 5.69 Å². The smallest absolute Gasteiger partial charge is 0.249 e. The van der Waals surface area contributed by atoms with E-state index in [4.69, 9.17) is 10.5 Å². The normalized spacial score (nSPS) is 20.6. The fraction of sp³-hybridized carbons (Fsp3) is 0.412. The fourth-order valence-corrected chi connectivity index (χ4v) is 2.75. The van der Waals surface area contributed by atoms with Crippen molar-refractivity contribution >= 4 is 5.91 Å². The highest BCUT2D eigenvalue weighted by Crippen LogP contribution is 2.18. The van der Waals surface area contributed by atoms with E-state index in [1.165, 1.54) is 5.56 Å². The summed E-state index contributed by atoms with van der Waals surface area (Å²) in [7, 11) is 0. The molecule has 1 saturated heterocycles. The van der Waals surface area contributed by atoms with Crippen molar-refractivity contribution < 1.29 is 9.53 Å². The Labute approximate surface area is 135 Å². The van der Waals surface area contributed by atoms with Crippen LogP contribution < -0.4 is 11.1 Å². The van der Waals surface area contributed by atoms with Crippen LogP contribution in [0, 0.1) is 0 Å². The third-order valence-corrected chi connectivity index (χ3v) is 4.08. The molecule has 2 heterocycles. The Bertz CT molecular complexity index is 625. The zero-order valence-electron chi connectivity index (χ0n) is 13.0. The largest absolute Gasteiger partial charge is 0.364 e. The van der Waals surface area contributed by atoms with Crippen molar-refractivity contribution in [1.82, 2.24) is 15.1 Å². The Hall–Kier alpha value is -2.18. The number of hydrogen-bond acceptors (Lipinski definition) is 4. The number of nitrogens with zero attached hydrogens (tertiary/aromatic N) is 2. The molecule has 23 heavy (non-hydrogen) atoms. The van der Waals surface area contributed by atoms with Crippen LogP contribution in [0.4, 0.5) is 0 Å². The second kappa shape index (κ2) is 7.39. The number of rotatable bonds is 6. The summed E-state index contributed by atoms with van der Waals surface area (Å²) in [6, 6.07) is 10.1. The Morgan fingerprint density at radius 1 is 1.35 bits per heavy atom. The lowest BCUT2D eigenvalue weighted by Crippen LogP contribution is -2.36. The van der Waals surface area contributed by atoms with Crippen molar-refractivity contribution in [3.05, 3.63) is 48.3 Å². The lowest BCUT2D eigenvalue weighted by molar-refractivity contribution is -0.131. The molecule has 0 saturated carbocycles. The van der Waals surface area contributed by atoms with Gasteiger partial charge in [-0.05, 0) is 43.0 Å². The monoisotopic (exact) mass is 314 g/mol. The maximum atomic E-state index is 12.0. The van der Waals surface area contributed by atoms with Crippen molar-refractivity contribution in [2.24, 2.45) is 5.73 Å². The Kier molecular flexibility index (Phi) is 5.05. The maximum Gasteiger partial charge on any atom is 0.249 e. The van der Waals surface area contributed by atoms with Gasteiger partial charge in [0.15, 0.2) is 0 Å². The zero-order chi connectivity index (χ0) is 16.1. The van der Waals surface area contributed by atoms with Gasteiger partial charge in [-0.2, -0.15) is 5.10 Å². The molecule has 1 aliphatic rings. The molecule has 6 nitrogen and oxygen atoms in total. The van der Waals surface area contributed by atoms with Gasteiger partial charge in [-0.15, -0.1) is 0 Å². The molecule has 0 bridgehead atoms. The SMILES string of the molecule is NC[C@H]1CC[C@@H](C(=O)NCCc2ccc(-n3cccn3)cc2)O1. The number of nitrogens with one attached hydrogen (secondary N) is 1. The molecular formula is C17H22N4O2. The summed E-state index contributed by atoms with van der Waals surface area (Å²) < 4.78 is 7.40. The van der Waals surface area contributed by atoms with Crippen molar-refractivity contribution in [2.75, 3.05) is 13.1 Å². The molecule has 122 valence electrons. The van der Waals surface area contributed by atoms with E-state index in [-0.39, 0.29) is 18.1 Å². The van der Waals surface area contributed by atoms with Gasteiger partial charge in [0.05, 0.1) is 11.8 Å². The highest BCUT2D eigenvalue weighted by Gasteiger charge is 2.29. The van der Waals surface area contributed by atoms with Gasteiger partial charge in [0.1, 0.15) is 6.10 Å². The number of aromatic nitrogens is 2. The molecule has 0 spiro atoms. The first-order valence-electron chi connectivity index (χ1n) is 7.98. The number of amides is 1. The summed E-state index contributed by atoms with van der Waals surface area (Å²) in [5.74, 6) is -0.0332. The standard InChI is InChI=1S/C17H22N4O2/c18-12-15-6-7-16(23-15)17(22)19-10-8-13-2-4-14(5-3-13)21-11-1-9-20-21/h1-5,9,11,15-16H,6-8,10,12,18H2,(H,19,22)/t15-,16+/m1/s1. The van der Waals surface area contributed by atoms with Gasteiger partial charge in [0.2, 0.25) is 5.91 Å². The molecule has 2 atom stereocenters. The van der Waals surface area contributed by atoms with Gasteiger partial charge >= 0.3 is 0 Å². The number of hydrogen-bond donors (Lipinski definition) is 2. The average Bonchev–Trinajstić information content (AvgIpc) is 3.27. The van der Waals surface area contributed by atoms with E-state index in [1.54, 1.807) is 6.20 Å². The third-order valence-electron chi connectivity index (χ3n) is 4.08. The van der Waals surface area contributed by atoms with E-state index in [2.05, 4.69) is 22.5 Å². The number of ether oxygens (including phenoxy) is 1. The first-order valence-corrected chi connectivity index (χ1v) is 7.98. The van der Waals surface area contributed by atoms with Gasteiger partial charge in [-0.3, -0.25) is 4.79 Å². The highest BCUT2D eigenvalue weighted by molar-refractivity contribution is 5.81. The minimum atomic E-state index is -0.342. The van der Waals surface area contributed by atoms with Crippen LogP contribution in [0.2, 0.25) is 0 Å². The van der Waals surface area contributed by atoms with Gasteiger partial charge in [-0.1, -0.05) is 12.1 Å². The van der Waals surface area contributed by atoms with Crippen molar-refractivity contribution in [2.45, 2.75) is 31.5 Å². The second-order valence-electron chi connectivity index (χ2n) is 5.72. The van der Waals surface area contributed by atoms with Gasteiger partial charge in [0.25, 0.3) is 0 Å². The Morgan fingerprint density at radius 2 is 2.17 bits per heavy atom. The summed E-state index contributed by atoms with van der Waals surface area (Å²) in [5.41, 5.74) is 7.75. The molecule has 3 N–H and O–H groups in total. The predicted octanol–water partition coefficient (Wildman–Crippen LogP) is 1.04. The van der Waals surface area contributed by atoms with Crippen LogP contribution in [0.15, 0.2) is 42.7 Å². The van der Waals surface area contributed by atoms with Crippen molar-refractivity contribution in [1.29, 1.82) is 0 Å². The Balaban J connectivity index is 1.45. The van der Waals surface area contributed by atoms with E-state index >= 15 is 0 Å². The van der Waals surface area contributed by atoms with Crippen LogP contribution in [-0.2, 0) is 16.0 Å². The van der Waals surface area contributed by atoms with Crippen LogP contribution in [-0.4, -0.2) is 41.0 Å². The molecule has 1 amide bonds. The lowest BCUT2D eigenvalue weighted by atomic mass is 10.1. The summed E-state index contributed by atoms with van der Waals surface area (Å²) in [4.78, 5) is 12.0. The van der Waals surface area contributed by atoms with Gasteiger partial charge in [-0.25, -0.2) is 4.68 Å². The fourth-order valence-electron chi connectivity index (χ4n) is 2.75. The van der Waals surface area contributed by atoms with E-state index in [1.807, 2.05) is 29.1 Å². The second-order valence-corrected chi connectivity index (χ2v) is 5.72. The van der Waals surface area contributed by atoms with Crippen LogP contribution in [0.25, 0.3) is 5.69 Å². The molecular weight excluding hydrogens is 292 g/mol. The Morgan fingerprint density at radius 3 is 2.83 bits per heavy atom. The van der Waals surface area contributed by atoms with E-state index < -0.39 is 0 Å². The molecule has 2 aromatic rings. The molecule has 1 aromatic carbocycles. The predicted molar refractivity (Wildman–Crippen MR) is 87.2 cm³/mol. The van der Waals surface area contributed by atoms with E-state index in [9.17, 15) is 4.79 Å². The summed E-state index contributed by atoms with van der Waals surface area (Å²) in [6.07, 6.45) is 5.76. The van der Waals surface area contributed by atoms with Gasteiger partial charge < -0.3 is 15.8 Å². The van der Waals surface area contributed by atoms with Gasteiger partial charge in [0, 0.05) is 25.5 Å². The third kappa shape index (κ3) is 3.97. The molecule has 1 fully saturated rings. The zero-order valence-corrected chi connectivity index (χ0v) is 13.0. The maximum absolute atomic E-state index is 12.0. The highest BCUT2D eigenvalue weighted by atomic mass is 16.5. The minimum absolute atomic E-state index is 0.0283. The first-order chi connectivity index (χ1) is 11.3. The summed E-state index contributed by atoms with van der Waals surface area (Å²) >= 11 is 0. The average molecular weight is 314 g/mol. The van der Waals surface area contributed by atoms with Crippen molar-refractivity contribution in [3.63, 3.8) is 0 Å². The quantitative estimate of drug-likeness (QED) is 0.834. The van der Waals surface area contributed by atoms with Crippen LogP contribution in [0.1, 0.15) is 18.4 Å². The number of nitrogens with two attached hydrogens (primary N) is 1. The number of carbonyl (C=O) groups is 1. The van der Waals surface area contributed by atoms with E-state index in [0.29, 0.717) is 13.1 Å². The molecule has 3 rings (SSSR count). The first kappa shape index (κ1) is 15.7. The summed E-state index contributed by atoms with van der Waals surface area (Å²) in [6.45, 7) is 1.08. The molecule has 1 aromatic heterocycles. The molecule has 0 unspecified atom stereocenters. The topological polar surface area (TPSA) is 82.2 Å². The number of carbonyl (C=O) groups excluding carboxylic acids is 1. The molecule has 6 heteroatoms. The number of benzene rings is 1. The van der Waals surface area contributed by atoms with Crippen LogP contribution in [0.3, 0.4) is 0 Å². The minimum Gasteiger partial charge on any atom is -0.364 e. The summed E-state index contributed by atoms with van der Waals surface area (Å²) in [5, 5.41) is 7.13.